The normalized spacial score (nSPS) is 15.1. The van der Waals surface area contributed by atoms with Gasteiger partial charge in [-0.2, -0.15) is 0 Å². The van der Waals surface area contributed by atoms with Crippen LogP contribution in [0.15, 0.2) is 41.1 Å². The highest BCUT2D eigenvalue weighted by Crippen LogP contribution is 2.06. The summed E-state index contributed by atoms with van der Waals surface area (Å²) in [6, 6.07) is 9.33. The first kappa shape index (κ1) is 12.6. The van der Waals surface area contributed by atoms with Crippen LogP contribution in [0.5, 0.6) is 0 Å². The van der Waals surface area contributed by atoms with E-state index in [0.29, 0.717) is 32.2 Å². The van der Waals surface area contributed by atoms with Crippen molar-refractivity contribution >= 4 is 11.9 Å². The fraction of sp³-hybridized carbons (Fsp3) is 0.308. The number of rotatable bonds is 2. The summed E-state index contributed by atoms with van der Waals surface area (Å²) in [7, 11) is 0. The number of carbonyl (C=O) groups is 1. The molecular weight excluding hydrogens is 260 g/mol. The molecule has 0 bridgehead atoms. The van der Waals surface area contributed by atoms with Gasteiger partial charge in [-0.3, -0.25) is 9.84 Å². The lowest BCUT2D eigenvalue weighted by Gasteiger charge is -2.25. The summed E-state index contributed by atoms with van der Waals surface area (Å²) in [6.07, 6.45) is 1.63. The van der Waals surface area contributed by atoms with Gasteiger partial charge in [0.2, 0.25) is 11.0 Å². The Balaban J connectivity index is 1.66. The zero-order chi connectivity index (χ0) is 13.8. The Morgan fingerprint density at radius 2 is 2.00 bits per heavy atom. The standard InChI is InChI=1S/C13H14N4O3/c18-13(16-6-8-19-9-7-16)14-12-10-17(15-20-12)11-4-2-1-3-5-11/h1-5,10H,6-9H2/p+1. The molecule has 0 radical (unpaired) electrons. The van der Waals surface area contributed by atoms with Crippen LogP contribution in [-0.4, -0.2) is 42.5 Å². The van der Waals surface area contributed by atoms with Crippen molar-refractivity contribution in [3.05, 3.63) is 36.5 Å². The molecule has 1 N–H and O–H groups in total. The van der Waals surface area contributed by atoms with Gasteiger partial charge in [-0.1, -0.05) is 18.2 Å². The molecule has 104 valence electrons. The highest BCUT2D eigenvalue weighted by molar-refractivity contribution is 5.87. The van der Waals surface area contributed by atoms with Crippen molar-refractivity contribution in [2.24, 2.45) is 0 Å². The number of morpholine rings is 1. The minimum absolute atomic E-state index is 0.204. The van der Waals surface area contributed by atoms with E-state index >= 15 is 0 Å². The van der Waals surface area contributed by atoms with Crippen molar-refractivity contribution in [3.63, 3.8) is 0 Å². The van der Waals surface area contributed by atoms with Gasteiger partial charge in [0.15, 0.2) is 0 Å². The topological polar surface area (TPSA) is 71.5 Å². The van der Waals surface area contributed by atoms with E-state index in [2.05, 4.69) is 10.6 Å². The molecule has 1 aliphatic heterocycles. The number of urea groups is 1. The second-order valence-corrected chi connectivity index (χ2v) is 4.38. The molecule has 1 aliphatic rings. The molecule has 2 heterocycles. The second kappa shape index (κ2) is 5.70. The van der Waals surface area contributed by atoms with E-state index in [1.165, 1.54) is 0 Å². The van der Waals surface area contributed by atoms with E-state index in [1.807, 2.05) is 30.3 Å². The summed E-state index contributed by atoms with van der Waals surface area (Å²) in [5, 5.41) is 6.55. The van der Waals surface area contributed by atoms with Crippen LogP contribution in [0.4, 0.5) is 10.7 Å². The van der Waals surface area contributed by atoms with Gasteiger partial charge in [-0.25, -0.2) is 4.79 Å². The maximum atomic E-state index is 12.0. The first-order valence-corrected chi connectivity index (χ1v) is 6.41. The Labute approximate surface area is 115 Å². The molecule has 1 saturated heterocycles. The number of nitrogens with one attached hydrogen (secondary N) is 1. The number of hydrogen-bond donors (Lipinski definition) is 1. The number of carbonyl (C=O) groups excluding carboxylic acids is 1. The van der Waals surface area contributed by atoms with Crippen LogP contribution in [0.2, 0.25) is 0 Å². The number of hydrogen-bond acceptors (Lipinski definition) is 4. The predicted molar refractivity (Wildman–Crippen MR) is 69.4 cm³/mol. The van der Waals surface area contributed by atoms with E-state index in [4.69, 9.17) is 9.26 Å². The molecule has 1 aromatic heterocycles. The Hall–Kier alpha value is -2.41. The van der Waals surface area contributed by atoms with Gasteiger partial charge in [-0.05, 0) is 4.68 Å². The molecule has 0 spiro atoms. The van der Waals surface area contributed by atoms with Crippen molar-refractivity contribution in [3.8, 4) is 5.69 Å². The van der Waals surface area contributed by atoms with Crippen molar-refractivity contribution in [1.82, 2.24) is 10.2 Å². The van der Waals surface area contributed by atoms with E-state index in [9.17, 15) is 4.79 Å². The van der Waals surface area contributed by atoms with Crippen LogP contribution in [-0.2, 0) is 4.74 Å². The lowest BCUT2D eigenvalue weighted by atomic mass is 10.3. The number of nitrogens with zero attached hydrogens (tertiary/aromatic N) is 3. The molecule has 0 unspecified atom stereocenters. The molecule has 1 aromatic carbocycles. The van der Waals surface area contributed by atoms with Crippen LogP contribution in [0.25, 0.3) is 5.69 Å². The third kappa shape index (κ3) is 2.77. The van der Waals surface area contributed by atoms with Gasteiger partial charge in [0.25, 0.3) is 6.20 Å². The average molecular weight is 275 g/mol. The first-order chi connectivity index (χ1) is 9.83. The van der Waals surface area contributed by atoms with Crippen LogP contribution in [0.3, 0.4) is 0 Å². The van der Waals surface area contributed by atoms with E-state index in [1.54, 1.807) is 15.8 Å². The van der Waals surface area contributed by atoms with Gasteiger partial charge in [-0.15, -0.1) is 0 Å². The number of amides is 2. The third-order valence-electron chi connectivity index (χ3n) is 3.02. The Bertz CT molecular complexity index is 578. The molecule has 0 atom stereocenters. The average Bonchev–Trinajstić information content (AvgIpc) is 2.97. The van der Waals surface area contributed by atoms with Crippen molar-refractivity contribution in [2.75, 3.05) is 31.6 Å². The monoisotopic (exact) mass is 275 g/mol. The lowest BCUT2D eigenvalue weighted by Crippen LogP contribution is -2.43. The Morgan fingerprint density at radius 1 is 1.25 bits per heavy atom. The summed E-state index contributed by atoms with van der Waals surface area (Å²) in [4.78, 5) is 13.7. The Kier molecular flexibility index (Phi) is 3.60. The molecule has 2 aromatic rings. The molecule has 0 aliphatic carbocycles. The van der Waals surface area contributed by atoms with Crippen molar-refractivity contribution in [1.29, 1.82) is 0 Å². The SMILES string of the molecule is O=C(Nc1c[n+](-c2ccccc2)no1)N1CCOCC1. The lowest BCUT2D eigenvalue weighted by molar-refractivity contribution is -0.670. The minimum Gasteiger partial charge on any atom is -0.378 e. The van der Waals surface area contributed by atoms with E-state index in [0.717, 1.165) is 5.69 Å². The molecule has 0 saturated carbocycles. The first-order valence-electron chi connectivity index (χ1n) is 6.41. The molecule has 20 heavy (non-hydrogen) atoms. The van der Waals surface area contributed by atoms with Gasteiger partial charge < -0.3 is 9.64 Å². The second-order valence-electron chi connectivity index (χ2n) is 4.38. The fourth-order valence-corrected chi connectivity index (χ4v) is 1.95. The molecule has 2 amide bonds. The fourth-order valence-electron chi connectivity index (χ4n) is 1.95. The van der Waals surface area contributed by atoms with Gasteiger partial charge in [0, 0.05) is 25.2 Å². The van der Waals surface area contributed by atoms with Crippen LogP contribution >= 0.6 is 0 Å². The summed E-state index contributed by atoms with van der Waals surface area (Å²) >= 11 is 0. The smallest absolute Gasteiger partial charge is 0.324 e. The number of anilines is 1. The van der Waals surface area contributed by atoms with Crippen LogP contribution in [0, 0.1) is 0 Å². The molecule has 3 rings (SSSR count). The van der Waals surface area contributed by atoms with E-state index < -0.39 is 0 Å². The zero-order valence-electron chi connectivity index (χ0n) is 10.9. The summed E-state index contributed by atoms with van der Waals surface area (Å²) < 4.78 is 11.9. The number of ether oxygens (including phenoxy) is 1. The number of aromatic nitrogens is 2. The van der Waals surface area contributed by atoms with Crippen molar-refractivity contribution in [2.45, 2.75) is 0 Å². The molecule has 7 nitrogen and oxygen atoms in total. The summed E-state index contributed by atoms with van der Waals surface area (Å²) in [5.41, 5.74) is 0.864. The van der Waals surface area contributed by atoms with Crippen molar-refractivity contribution < 1.29 is 18.7 Å². The Morgan fingerprint density at radius 3 is 2.75 bits per heavy atom. The highest BCUT2D eigenvalue weighted by Gasteiger charge is 2.21. The summed E-state index contributed by atoms with van der Waals surface area (Å²) in [6.45, 7) is 2.29. The predicted octanol–water partition coefficient (Wildman–Crippen LogP) is 0.815. The number of para-hydroxylation sites is 1. The molecule has 1 fully saturated rings. The minimum atomic E-state index is -0.204. The number of benzene rings is 1. The van der Waals surface area contributed by atoms with Gasteiger partial charge in [0.1, 0.15) is 0 Å². The molecular formula is C13H15N4O3+. The molecule has 7 heteroatoms. The zero-order valence-corrected chi connectivity index (χ0v) is 10.9. The largest absolute Gasteiger partial charge is 0.378 e. The highest BCUT2D eigenvalue weighted by atomic mass is 16.5. The maximum Gasteiger partial charge on any atom is 0.324 e. The third-order valence-corrected chi connectivity index (χ3v) is 3.02. The quantitative estimate of drug-likeness (QED) is 0.823. The van der Waals surface area contributed by atoms with Crippen LogP contribution < -0.4 is 10.00 Å². The van der Waals surface area contributed by atoms with Gasteiger partial charge in [0.05, 0.1) is 13.2 Å². The van der Waals surface area contributed by atoms with Gasteiger partial charge >= 0.3 is 11.9 Å². The summed E-state index contributed by atoms with van der Waals surface area (Å²) in [5.74, 6) is 0.311. The van der Waals surface area contributed by atoms with Crippen LogP contribution in [0.1, 0.15) is 0 Å². The van der Waals surface area contributed by atoms with E-state index in [-0.39, 0.29) is 6.03 Å². The maximum absolute atomic E-state index is 12.0.